The van der Waals surface area contributed by atoms with Crippen molar-refractivity contribution in [2.24, 2.45) is 11.8 Å². The van der Waals surface area contributed by atoms with Gasteiger partial charge in [0.2, 0.25) is 5.91 Å². The molecule has 4 rings (SSSR count). The highest BCUT2D eigenvalue weighted by molar-refractivity contribution is 6.34. The lowest BCUT2D eigenvalue weighted by atomic mass is 9.98. The lowest BCUT2D eigenvalue weighted by Crippen LogP contribution is -2.58. The molecule has 0 aliphatic carbocycles. The van der Waals surface area contributed by atoms with E-state index < -0.39 is 11.5 Å². The number of aromatic nitrogens is 3. The molecular weight excluding hydrogens is 583 g/mol. The number of carbonyl (C=O) groups is 1. The molecule has 1 amide bonds. The summed E-state index contributed by atoms with van der Waals surface area (Å²) in [6.07, 6.45) is 1.29. The number of allylic oxidation sites excluding steroid dienone is 2. The molecule has 44 heavy (non-hydrogen) atoms. The van der Waals surface area contributed by atoms with Crippen molar-refractivity contribution >= 4 is 51.5 Å². The van der Waals surface area contributed by atoms with Gasteiger partial charge >= 0.3 is 5.69 Å². The number of nitrogens with one attached hydrogen (secondary N) is 2. The van der Waals surface area contributed by atoms with Gasteiger partial charge in [-0.1, -0.05) is 51.9 Å². The molecule has 1 saturated heterocycles. The van der Waals surface area contributed by atoms with E-state index in [0.717, 1.165) is 0 Å². The third-order valence-corrected chi connectivity index (χ3v) is 8.25. The minimum absolute atomic E-state index is 0.0115. The maximum atomic E-state index is 15.2. The van der Waals surface area contributed by atoms with Crippen molar-refractivity contribution in [3.8, 4) is 11.3 Å². The van der Waals surface area contributed by atoms with Gasteiger partial charge in [-0.25, -0.2) is 18.7 Å². The third-order valence-electron chi connectivity index (χ3n) is 7.96. The number of anilines is 2. The van der Waals surface area contributed by atoms with Crippen molar-refractivity contribution in [3.05, 3.63) is 63.9 Å². The number of benzene rings is 1. The number of piperazine rings is 1. The molecule has 1 aliphatic heterocycles. The molecule has 2 atom stereocenters. The topological polar surface area (TPSA) is 133 Å². The number of nitrogens with two attached hydrogens (primary N) is 1. The van der Waals surface area contributed by atoms with Crippen LogP contribution in [0.4, 0.5) is 15.9 Å². The normalized spacial score (nSPS) is 17.7. The quantitative estimate of drug-likeness (QED) is 0.179. The van der Waals surface area contributed by atoms with E-state index in [4.69, 9.17) is 27.7 Å². The second kappa shape index (κ2) is 12.8. The number of pyridine rings is 1. The van der Waals surface area contributed by atoms with Gasteiger partial charge in [-0.05, 0) is 50.0 Å². The van der Waals surface area contributed by atoms with Crippen molar-refractivity contribution in [3.63, 3.8) is 0 Å². The van der Waals surface area contributed by atoms with Crippen LogP contribution >= 0.6 is 11.6 Å². The number of carbonyl (C=O) groups excluding carboxylic acids is 1. The summed E-state index contributed by atoms with van der Waals surface area (Å²) in [6.45, 7) is 15.9. The van der Waals surface area contributed by atoms with E-state index in [0.29, 0.717) is 35.7 Å². The molecule has 3 heterocycles. The molecule has 1 fully saturated rings. The van der Waals surface area contributed by atoms with E-state index in [-0.39, 0.29) is 63.2 Å². The molecule has 0 saturated carbocycles. The number of rotatable bonds is 8. The predicted molar refractivity (Wildman–Crippen MR) is 176 cm³/mol. The molecular formula is C32H40ClFN8O2. The monoisotopic (exact) mass is 622 g/mol. The largest absolute Gasteiger partial charge is 0.398 e. The van der Waals surface area contributed by atoms with E-state index in [1.165, 1.54) is 22.8 Å². The molecule has 4 N–H and O–H groups in total. The molecule has 10 nitrogen and oxygen atoms in total. The Balaban J connectivity index is 2.14. The number of amides is 1. The lowest BCUT2D eigenvalue weighted by molar-refractivity contribution is -0.128. The highest BCUT2D eigenvalue weighted by Gasteiger charge is 2.34. The standard InChI is InChI=1S/C32H40ClFN8O2/c1-9-24(43)40-14-19(7)41(15-18(40)6)30-20-13-21(33)28(25-22(34)11-10-12-23(25)35)38-31(20)42(32(44)39-30)29(26(36)16(2)3)27(37-8)17(4)5/h9-13,16-19,36-37H,1,14-15,35H2,2-8H3/b29-27+,36-26?/t18-,19+/m1/s1. The predicted octanol–water partition coefficient (Wildman–Crippen LogP) is 5.16. The summed E-state index contributed by atoms with van der Waals surface area (Å²) in [5.41, 5.74) is 7.06. The summed E-state index contributed by atoms with van der Waals surface area (Å²) in [4.78, 5) is 39.8. The average Bonchev–Trinajstić information content (AvgIpc) is 2.96. The van der Waals surface area contributed by atoms with Crippen molar-refractivity contribution < 1.29 is 9.18 Å². The smallest absolute Gasteiger partial charge is 0.355 e. The Morgan fingerprint density at radius 1 is 1.18 bits per heavy atom. The van der Waals surface area contributed by atoms with Crippen molar-refractivity contribution in [2.75, 3.05) is 30.8 Å². The van der Waals surface area contributed by atoms with Crippen molar-refractivity contribution in [1.29, 1.82) is 5.41 Å². The summed E-state index contributed by atoms with van der Waals surface area (Å²) in [5, 5.41) is 12.8. The van der Waals surface area contributed by atoms with Gasteiger partial charge < -0.3 is 26.3 Å². The first-order valence-electron chi connectivity index (χ1n) is 14.6. The zero-order valence-electron chi connectivity index (χ0n) is 26.2. The van der Waals surface area contributed by atoms with E-state index in [9.17, 15) is 9.59 Å². The minimum Gasteiger partial charge on any atom is -0.398 e. The molecule has 2 aromatic heterocycles. The Kier molecular flexibility index (Phi) is 9.48. The first kappa shape index (κ1) is 32.7. The van der Waals surface area contributed by atoms with Crippen LogP contribution in [-0.2, 0) is 4.79 Å². The first-order chi connectivity index (χ1) is 20.7. The second-order valence-corrected chi connectivity index (χ2v) is 12.1. The van der Waals surface area contributed by atoms with Crippen LogP contribution in [0.3, 0.4) is 0 Å². The van der Waals surface area contributed by atoms with Crippen LogP contribution in [0.1, 0.15) is 41.5 Å². The first-order valence-corrected chi connectivity index (χ1v) is 15.0. The summed E-state index contributed by atoms with van der Waals surface area (Å²) < 4.78 is 16.5. The van der Waals surface area contributed by atoms with Crippen molar-refractivity contribution in [1.82, 2.24) is 24.8 Å². The minimum atomic E-state index is -0.659. The van der Waals surface area contributed by atoms with Gasteiger partial charge in [0, 0.05) is 43.6 Å². The molecule has 3 aromatic rings. The Morgan fingerprint density at radius 3 is 2.43 bits per heavy atom. The van der Waals surface area contributed by atoms with Crippen LogP contribution in [0.5, 0.6) is 0 Å². The average molecular weight is 623 g/mol. The fourth-order valence-corrected chi connectivity index (χ4v) is 5.92. The SMILES string of the molecule is C=CC(=O)N1C[C@H](C)N(c2nc(=O)n(/C(C(=N)C(C)C)=C(/NC)C(C)C)c3nc(-c4c(N)cccc4F)c(Cl)cc23)C[C@H]1C. The Bertz CT molecular complexity index is 1710. The van der Waals surface area contributed by atoms with Crippen LogP contribution in [0.15, 0.2) is 47.4 Å². The van der Waals surface area contributed by atoms with E-state index in [2.05, 4.69) is 16.9 Å². The number of nitrogen functional groups attached to an aromatic ring is 1. The van der Waals surface area contributed by atoms with Crippen LogP contribution in [0, 0.1) is 23.1 Å². The number of hydrogen-bond donors (Lipinski definition) is 3. The van der Waals surface area contributed by atoms with Crippen LogP contribution in [0.2, 0.25) is 5.02 Å². The van der Waals surface area contributed by atoms with Gasteiger partial charge in [0.1, 0.15) is 11.6 Å². The van der Waals surface area contributed by atoms with Gasteiger partial charge in [0.25, 0.3) is 0 Å². The van der Waals surface area contributed by atoms with E-state index in [1.807, 2.05) is 46.4 Å². The highest BCUT2D eigenvalue weighted by atomic mass is 35.5. The molecule has 0 spiro atoms. The Hall–Kier alpha value is -4.25. The molecule has 0 unspecified atom stereocenters. The van der Waals surface area contributed by atoms with E-state index >= 15 is 4.39 Å². The number of halogens is 2. The van der Waals surface area contributed by atoms with Crippen LogP contribution < -0.4 is 21.6 Å². The highest BCUT2D eigenvalue weighted by Crippen LogP contribution is 2.38. The third kappa shape index (κ3) is 5.80. The summed E-state index contributed by atoms with van der Waals surface area (Å²) in [5.74, 6) is -0.805. The second-order valence-electron chi connectivity index (χ2n) is 11.7. The van der Waals surface area contributed by atoms with E-state index in [1.54, 1.807) is 24.1 Å². The number of fused-ring (bicyclic) bond motifs is 1. The number of hydrogen-bond acceptors (Lipinski definition) is 8. The van der Waals surface area contributed by atoms with Gasteiger partial charge in [0.15, 0.2) is 5.65 Å². The fourth-order valence-electron chi connectivity index (χ4n) is 5.68. The molecule has 0 radical (unpaired) electrons. The Labute approximate surface area is 261 Å². The van der Waals surface area contributed by atoms with Crippen LogP contribution in [0.25, 0.3) is 28.0 Å². The zero-order valence-corrected chi connectivity index (χ0v) is 27.0. The molecule has 12 heteroatoms. The fraction of sp³-hybridized carbons (Fsp3) is 0.406. The maximum absolute atomic E-state index is 15.2. The summed E-state index contributed by atoms with van der Waals surface area (Å²) in [7, 11) is 1.74. The van der Waals surface area contributed by atoms with Crippen LogP contribution in [-0.4, -0.2) is 63.3 Å². The van der Waals surface area contributed by atoms with Gasteiger partial charge in [0.05, 0.1) is 33.1 Å². The lowest BCUT2D eigenvalue weighted by Gasteiger charge is -2.44. The van der Waals surface area contributed by atoms with Gasteiger partial charge in [-0.3, -0.25) is 4.79 Å². The van der Waals surface area contributed by atoms with Gasteiger partial charge in [-0.2, -0.15) is 4.98 Å². The maximum Gasteiger partial charge on any atom is 0.355 e. The molecule has 1 aliphatic rings. The zero-order chi connectivity index (χ0) is 32.6. The molecule has 0 bridgehead atoms. The molecule has 1 aromatic carbocycles. The Morgan fingerprint density at radius 2 is 1.86 bits per heavy atom. The molecule has 234 valence electrons. The summed E-state index contributed by atoms with van der Waals surface area (Å²) in [6, 6.07) is 5.49. The number of nitrogens with zero attached hydrogens (tertiary/aromatic N) is 5. The van der Waals surface area contributed by atoms with Gasteiger partial charge in [-0.15, -0.1) is 0 Å². The van der Waals surface area contributed by atoms with Crippen molar-refractivity contribution in [2.45, 2.75) is 53.6 Å². The summed E-state index contributed by atoms with van der Waals surface area (Å²) >= 11 is 6.82.